The first kappa shape index (κ1) is 11.7. The summed E-state index contributed by atoms with van der Waals surface area (Å²) in [6.45, 7) is 3.21. The maximum Gasteiger partial charge on any atom is 0.0705 e. The summed E-state index contributed by atoms with van der Waals surface area (Å²) in [4.78, 5) is 4.45. The van der Waals surface area contributed by atoms with E-state index < -0.39 is 0 Å². The fourth-order valence-corrected chi connectivity index (χ4v) is 2.57. The van der Waals surface area contributed by atoms with Crippen molar-refractivity contribution in [1.29, 1.82) is 0 Å². The van der Waals surface area contributed by atoms with Gasteiger partial charge in [0.1, 0.15) is 0 Å². The Morgan fingerprint density at radius 1 is 1.33 bits per heavy atom. The van der Waals surface area contributed by atoms with Gasteiger partial charge in [-0.05, 0) is 36.6 Å². The molecule has 3 rings (SSSR count). The van der Waals surface area contributed by atoms with Crippen molar-refractivity contribution in [2.24, 2.45) is 5.92 Å². The summed E-state index contributed by atoms with van der Waals surface area (Å²) in [7, 11) is 0. The first-order valence-corrected chi connectivity index (χ1v) is 6.95. The maximum atomic E-state index is 4.45. The number of aromatic nitrogens is 1. The molecule has 1 aliphatic rings. The van der Waals surface area contributed by atoms with Crippen molar-refractivity contribution in [3.8, 4) is 0 Å². The van der Waals surface area contributed by atoms with Gasteiger partial charge >= 0.3 is 0 Å². The summed E-state index contributed by atoms with van der Waals surface area (Å²) in [5, 5.41) is 4.83. The summed E-state index contributed by atoms with van der Waals surface area (Å²) in [6, 6.07) is 11.3. The molecule has 0 aliphatic heterocycles. The minimum Gasteiger partial charge on any atom is -0.310 e. The molecule has 2 aromatic rings. The lowest BCUT2D eigenvalue weighted by molar-refractivity contribution is 0.487. The Bertz CT molecular complexity index is 531. The molecule has 1 aliphatic carbocycles. The van der Waals surface area contributed by atoms with Gasteiger partial charge in [-0.2, -0.15) is 0 Å². The van der Waals surface area contributed by atoms with Gasteiger partial charge in [0.05, 0.1) is 5.52 Å². The molecule has 1 unspecified atom stereocenters. The second-order valence-electron chi connectivity index (χ2n) is 5.24. The molecule has 1 aromatic heterocycles. The van der Waals surface area contributed by atoms with Crippen LogP contribution in [0.4, 0.5) is 0 Å². The predicted octanol–water partition coefficient (Wildman–Crippen LogP) is 3.69. The van der Waals surface area contributed by atoms with E-state index in [0.29, 0.717) is 6.04 Å². The van der Waals surface area contributed by atoms with Crippen molar-refractivity contribution in [3.63, 3.8) is 0 Å². The maximum absolute atomic E-state index is 4.45. The Balaban J connectivity index is 1.89. The summed E-state index contributed by atoms with van der Waals surface area (Å²) < 4.78 is 0. The van der Waals surface area contributed by atoms with Crippen molar-refractivity contribution < 1.29 is 0 Å². The number of pyridine rings is 1. The van der Waals surface area contributed by atoms with E-state index in [0.717, 1.165) is 18.0 Å². The van der Waals surface area contributed by atoms with E-state index in [1.165, 1.54) is 30.2 Å². The quantitative estimate of drug-likeness (QED) is 0.862. The molecular formula is C16H20N2. The van der Waals surface area contributed by atoms with Gasteiger partial charge in [-0.15, -0.1) is 0 Å². The molecule has 94 valence electrons. The summed E-state index contributed by atoms with van der Waals surface area (Å²) in [5.41, 5.74) is 2.49. The molecule has 18 heavy (non-hydrogen) atoms. The molecule has 1 heterocycles. The minimum absolute atomic E-state index is 0.494. The first-order chi connectivity index (χ1) is 8.86. The third kappa shape index (κ3) is 2.54. The van der Waals surface area contributed by atoms with Gasteiger partial charge in [-0.3, -0.25) is 4.98 Å². The van der Waals surface area contributed by atoms with E-state index >= 15 is 0 Å². The van der Waals surface area contributed by atoms with Crippen LogP contribution >= 0.6 is 0 Å². The number of hydrogen-bond acceptors (Lipinski definition) is 2. The van der Waals surface area contributed by atoms with Crippen LogP contribution in [0.5, 0.6) is 0 Å². The third-order valence-electron chi connectivity index (χ3n) is 3.75. The lowest BCUT2D eigenvalue weighted by Crippen LogP contribution is -2.21. The Hall–Kier alpha value is -1.41. The molecule has 0 amide bonds. The summed E-state index contributed by atoms with van der Waals surface area (Å²) >= 11 is 0. The van der Waals surface area contributed by atoms with Crippen molar-refractivity contribution in [2.75, 3.05) is 6.54 Å². The fraction of sp³-hybridized carbons (Fsp3) is 0.438. The van der Waals surface area contributed by atoms with Crippen molar-refractivity contribution in [3.05, 3.63) is 42.1 Å². The molecule has 2 heteroatoms. The lowest BCUT2D eigenvalue weighted by Gasteiger charge is -2.18. The smallest absolute Gasteiger partial charge is 0.0705 e. The largest absolute Gasteiger partial charge is 0.310 e. The highest BCUT2D eigenvalue weighted by Crippen LogP contribution is 2.37. The second-order valence-corrected chi connectivity index (χ2v) is 5.24. The van der Waals surface area contributed by atoms with Gasteiger partial charge in [0, 0.05) is 17.6 Å². The van der Waals surface area contributed by atoms with Gasteiger partial charge in [-0.25, -0.2) is 0 Å². The van der Waals surface area contributed by atoms with Crippen LogP contribution < -0.4 is 5.32 Å². The van der Waals surface area contributed by atoms with Crippen LogP contribution in [-0.4, -0.2) is 11.5 Å². The van der Waals surface area contributed by atoms with Crippen LogP contribution in [0.1, 0.15) is 37.8 Å². The van der Waals surface area contributed by atoms with Crippen LogP contribution in [0.3, 0.4) is 0 Å². The predicted molar refractivity (Wildman–Crippen MR) is 75.5 cm³/mol. The molecule has 1 atom stereocenters. The number of fused-ring (bicyclic) bond motifs is 1. The highest BCUT2D eigenvalue weighted by Gasteiger charge is 2.25. The zero-order valence-electron chi connectivity index (χ0n) is 10.9. The van der Waals surface area contributed by atoms with Gasteiger partial charge < -0.3 is 5.32 Å². The number of rotatable bonds is 5. The Kier molecular flexibility index (Phi) is 3.28. The lowest BCUT2D eigenvalue weighted by atomic mass is 9.99. The van der Waals surface area contributed by atoms with Gasteiger partial charge in [-0.1, -0.05) is 38.0 Å². The molecule has 1 aromatic carbocycles. The molecule has 0 saturated heterocycles. The van der Waals surface area contributed by atoms with E-state index in [-0.39, 0.29) is 0 Å². The van der Waals surface area contributed by atoms with Crippen LogP contribution in [-0.2, 0) is 0 Å². The zero-order valence-corrected chi connectivity index (χ0v) is 10.9. The number of nitrogens with zero attached hydrogens (tertiary/aromatic N) is 1. The van der Waals surface area contributed by atoms with E-state index in [1.54, 1.807) is 0 Å². The average Bonchev–Trinajstić information content (AvgIpc) is 3.22. The minimum atomic E-state index is 0.494. The molecule has 0 radical (unpaired) electrons. The zero-order chi connectivity index (χ0) is 12.4. The molecule has 1 saturated carbocycles. The van der Waals surface area contributed by atoms with E-state index in [9.17, 15) is 0 Å². The molecule has 2 nitrogen and oxygen atoms in total. The topological polar surface area (TPSA) is 24.9 Å². The number of hydrogen-bond donors (Lipinski definition) is 1. The van der Waals surface area contributed by atoms with Gasteiger partial charge in [0.2, 0.25) is 0 Å². The van der Waals surface area contributed by atoms with E-state index in [4.69, 9.17) is 0 Å². The average molecular weight is 240 g/mol. The highest BCUT2D eigenvalue weighted by atomic mass is 14.9. The second kappa shape index (κ2) is 5.07. The molecule has 1 N–H and O–H groups in total. The normalized spacial score (nSPS) is 16.9. The molecular weight excluding hydrogens is 220 g/mol. The van der Waals surface area contributed by atoms with Crippen LogP contribution in [0, 0.1) is 5.92 Å². The number of nitrogens with one attached hydrogen (secondary N) is 1. The SMILES string of the molecule is CCNC(CC1CC1)c1ccc2cccnc2c1. The van der Waals surface area contributed by atoms with Crippen molar-refractivity contribution in [2.45, 2.75) is 32.2 Å². The highest BCUT2D eigenvalue weighted by molar-refractivity contribution is 5.78. The monoisotopic (exact) mass is 240 g/mol. The fourth-order valence-electron chi connectivity index (χ4n) is 2.57. The van der Waals surface area contributed by atoms with Crippen LogP contribution in [0.2, 0.25) is 0 Å². The van der Waals surface area contributed by atoms with Crippen molar-refractivity contribution in [1.82, 2.24) is 10.3 Å². The summed E-state index contributed by atoms with van der Waals surface area (Å²) in [5.74, 6) is 0.938. The van der Waals surface area contributed by atoms with Gasteiger partial charge in [0.25, 0.3) is 0 Å². The third-order valence-corrected chi connectivity index (χ3v) is 3.75. The standard InChI is InChI=1S/C16H20N2/c1-2-17-15(10-12-5-6-12)14-8-7-13-4-3-9-18-16(13)11-14/h3-4,7-9,11-12,15,17H,2,5-6,10H2,1H3. The molecule has 0 spiro atoms. The first-order valence-electron chi connectivity index (χ1n) is 6.95. The molecule has 1 fully saturated rings. The Morgan fingerprint density at radius 3 is 3.00 bits per heavy atom. The Labute approximate surface area is 108 Å². The van der Waals surface area contributed by atoms with E-state index in [2.05, 4.69) is 41.5 Å². The number of benzene rings is 1. The van der Waals surface area contributed by atoms with Crippen LogP contribution in [0.15, 0.2) is 36.5 Å². The molecule has 0 bridgehead atoms. The summed E-state index contributed by atoms with van der Waals surface area (Å²) in [6.07, 6.45) is 5.96. The van der Waals surface area contributed by atoms with Gasteiger partial charge in [0.15, 0.2) is 0 Å². The van der Waals surface area contributed by atoms with Crippen molar-refractivity contribution >= 4 is 10.9 Å². The van der Waals surface area contributed by atoms with Crippen LogP contribution in [0.25, 0.3) is 10.9 Å². The van der Waals surface area contributed by atoms with E-state index in [1.807, 2.05) is 12.3 Å². The Morgan fingerprint density at radius 2 is 2.22 bits per heavy atom.